The Balaban J connectivity index is 1.43. The molecule has 0 aliphatic heterocycles. The number of amides is 2. The first-order valence-electron chi connectivity index (χ1n) is 10.5. The Hall–Kier alpha value is -1.70. The Morgan fingerprint density at radius 1 is 1.13 bits per heavy atom. The lowest BCUT2D eigenvalue weighted by molar-refractivity contribution is -0.137. The quantitative estimate of drug-likeness (QED) is 0.645. The third-order valence-electron chi connectivity index (χ3n) is 6.70. The van der Waals surface area contributed by atoms with Gasteiger partial charge in [-0.05, 0) is 74.5 Å². The van der Waals surface area contributed by atoms with Gasteiger partial charge in [-0.15, -0.1) is 11.8 Å². The van der Waals surface area contributed by atoms with Crippen molar-refractivity contribution in [1.82, 2.24) is 10.6 Å². The first-order valence-corrected chi connectivity index (χ1v) is 11.5. The van der Waals surface area contributed by atoms with E-state index in [0.29, 0.717) is 22.6 Å². The molecule has 4 aliphatic rings. The molecule has 1 aromatic rings. The van der Waals surface area contributed by atoms with Crippen molar-refractivity contribution in [2.45, 2.75) is 68.1 Å². The molecule has 1 aromatic carbocycles. The molecule has 2 N–H and O–H groups in total. The third-order valence-corrected chi connectivity index (χ3v) is 7.79. The zero-order valence-corrected chi connectivity index (χ0v) is 17.7. The van der Waals surface area contributed by atoms with Crippen molar-refractivity contribution in [3.8, 4) is 0 Å². The number of hydrogen-bond donors (Lipinski definition) is 2. The van der Waals surface area contributed by atoms with E-state index in [2.05, 4.69) is 10.6 Å². The van der Waals surface area contributed by atoms with E-state index in [9.17, 15) is 22.8 Å². The predicted octanol–water partition coefficient (Wildman–Crippen LogP) is 4.39. The molecule has 1 atom stereocenters. The normalized spacial score (nSPS) is 30.7. The number of rotatable bonds is 6. The van der Waals surface area contributed by atoms with Crippen LogP contribution in [0, 0.1) is 17.8 Å². The van der Waals surface area contributed by atoms with Crippen molar-refractivity contribution in [3.05, 3.63) is 29.8 Å². The summed E-state index contributed by atoms with van der Waals surface area (Å²) in [6.07, 6.45) is 2.36. The second-order valence-corrected chi connectivity index (χ2v) is 10.4. The van der Waals surface area contributed by atoms with Gasteiger partial charge in [0.05, 0.1) is 5.56 Å². The van der Waals surface area contributed by atoms with Gasteiger partial charge in [-0.3, -0.25) is 9.59 Å². The van der Waals surface area contributed by atoms with Crippen molar-refractivity contribution in [2.75, 3.05) is 5.75 Å². The molecule has 4 bridgehead atoms. The second-order valence-electron chi connectivity index (χ2n) is 9.28. The summed E-state index contributed by atoms with van der Waals surface area (Å²) in [6, 6.07) is 4.26. The van der Waals surface area contributed by atoms with Crippen LogP contribution in [0.3, 0.4) is 0 Å². The molecule has 0 radical (unpaired) electrons. The highest BCUT2D eigenvalue weighted by Crippen LogP contribution is 2.55. The number of benzene rings is 1. The monoisotopic (exact) mass is 440 g/mol. The van der Waals surface area contributed by atoms with Crippen LogP contribution in [-0.2, 0) is 15.8 Å². The zero-order chi connectivity index (χ0) is 21.5. The van der Waals surface area contributed by atoms with Gasteiger partial charge >= 0.3 is 6.18 Å². The molecule has 2 amide bonds. The van der Waals surface area contributed by atoms with Crippen molar-refractivity contribution in [3.63, 3.8) is 0 Å². The molecular formula is C22H27F3N2O2S. The first kappa shape index (κ1) is 21.5. The second kappa shape index (κ2) is 8.09. The molecule has 8 heteroatoms. The van der Waals surface area contributed by atoms with Gasteiger partial charge in [0.2, 0.25) is 11.8 Å². The summed E-state index contributed by atoms with van der Waals surface area (Å²) in [7, 11) is 0. The number of nitrogens with one attached hydrogen (secondary N) is 2. The molecule has 5 rings (SSSR count). The van der Waals surface area contributed by atoms with Crippen LogP contribution in [0.1, 0.15) is 51.0 Å². The summed E-state index contributed by atoms with van der Waals surface area (Å²) < 4.78 is 38.9. The van der Waals surface area contributed by atoms with E-state index in [0.717, 1.165) is 43.2 Å². The fourth-order valence-corrected chi connectivity index (χ4v) is 6.96. The number of thioether (sulfide) groups is 1. The van der Waals surface area contributed by atoms with Gasteiger partial charge in [-0.2, -0.15) is 13.2 Å². The van der Waals surface area contributed by atoms with Gasteiger partial charge in [0.15, 0.2) is 0 Å². The number of alkyl halides is 3. The average Bonchev–Trinajstić information content (AvgIpc) is 2.63. The van der Waals surface area contributed by atoms with Crippen LogP contribution in [0.25, 0.3) is 0 Å². The Morgan fingerprint density at radius 2 is 1.73 bits per heavy atom. The minimum atomic E-state index is -4.41. The van der Waals surface area contributed by atoms with Crippen LogP contribution < -0.4 is 10.6 Å². The van der Waals surface area contributed by atoms with E-state index in [1.807, 2.05) is 0 Å². The van der Waals surface area contributed by atoms with Gasteiger partial charge in [0, 0.05) is 23.1 Å². The lowest BCUT2D eigenvalue weighted by Crippen LogP contribution is -2.63. The summed E-state index contributed by atoms with van der Waals surface area (Å²) in [5.41, 5.74) is -0.898. The lowest BCUT2D eigenvalue weighted by atomic mass is 9.53. The maximum absolute atomic E-state index is 13.1. The van der Waals surface area contributed by atoms with Gasteiger partial charge in [-0.25, -0.2) is 0 Å². The van der Waals surface area contributed by atoms with Crippen molar-refractivity contribution < 1.29 is 22.8 Å². The van der Waals surface area contributed by atoms with Gasteiger partial charge in [-0.1, -0.05) is 6.07 Å². The molecule has 30 heavy (non-hydrogen) atoms. The fourth-order valence-electron chi connectivity index (χ4n) is 5.98. The molecule has 1 unspecified atom stereocenters. The van der Waals surface area contributed by atoms with Gasteiger partial charge in [0.1, 0.15) is 6.04 Å². The summed E-state index contributed by atoms with van der Waals surface area (Å²) in [6.45, 7) is 1.35. The Labute approximate surface area is 178 Å². The van der Waals surface area contributed by atoms with Crippen LogP contribution in [0.15, 0.2) is 29.2 Å². The summed E-state index contributed by atoms with van der Waals surface area (Å²) >= 11 is 1.15. The van der Waals surface area contributed by atoms with Crippen LogP contribution in [0.5, 0.6) is 0 Å². The Kier molecular flexibility index (Phi) is 5.81. The molecular weight excluding hydrogens is 413 g/mol. The number of carbonyl (C=O) groups is 2. The Morgan fingerprint density at radius 3 is 2.27 bits per heavy atom. The topological polar surface area (TPSA) is 58.2 Å². The van der Waals surface area contributed by atoms with Crippen molar-refractivity contribution in [1.29, 1.82) is 0 Å². The molecule has 0 saturated heterocycles. The lowest BCUT2D eigenvalue weighted by Gasteiger charge is -2.57. The Bertz CT molecular complexity index is 792. The van der Waals surface area contributed by atoms with E-state index in [1.54, 1.807) is 6.07 Å². The average molecular weight is 441 g/mol. The molecule has 4 saturated carbocycles. The molecule has 164 valence electrons. The van der Waals surface area contributed by atoms with Crippen molar-refractivity contribution in [2.24, 2.45) is 17.8 Å². The molecule has 0 spiro atoms. The zero-order valence-electron chi connectivity index (χ0n) is 16.9. The molecule has 4 nitrogen and oxygen atoms in total. The van der Waals surface area contributed by atoms with E-state index in [-0.39, 0.29) is 23.1 Å². The van der Waals surface area contributed by atoms with E-state index in [4.69, 9.17) is 0 Å². The van der Waals surface area contributed by atoms with E-state index in [1.165, 1.54) is 32.3 Å². The van der Waals surface area contributed by atoms with Crippen LogP contribution in [0.2, 0.25) is 0 Å². The number of halogens is 3. The molecule has 4 fully saturated rings. The molecule has 4 aliphatic carbocycles. The standard InChI is InChI=1S/C22H27F3N2O2S/c1-13(28)26-19(12-30-18-4-2-3-17(8-18)22(23,24)25)20(29)27-21-9-14-5-15(10-21)7-16(6-14)11-21/h2-4,8,14-16,19H,5-7,9-12H2,1H3,(H,26,28)(H,27,29). The predicted molar refractivity (Wildman–Crippen MR) is 109 cm³/mol. The highest BCUT2D eigenvalue weighted by Gasteiger charge is 2.51. The molecule has 0 aromatic heterocycles. The maximum atomic E-state index is 13.1. The van der Waals surface area contributed by atoms with Gasteiger partial charge < -0.3 is 10.6 Å². The van der Waals surface area contributed by atoms with Crippen molar-refractivity contribution >= 4 is 23.6 Å². The van der Waals surface area contributed by atoms with Crippen LogP contribution in [-0.4, -0.2) is 29.1 Å². The minimum absolute atomic E-state index is 0.177. The highest BCUT2D eigenvalue weighted by molar-refractivity contribution is 7.99. The largest absolute Gasteiger partial charge is 0.416 e. The third kappa shape index (κ3) is 4.79. The fraction of sp³-hybridized carbons (Fsp3) is 0.636. The summed E-state index contributed by atoms with van der Waals surface area (Å²) in [5.74, 6) is 1.65. The number of carbonyl (C=O) groups excluding carboxylic acids is 2. The maximum Gasteiger partial charge on any atom is 0.416 e. The summed E-state index contributed by atoms with van der Waals surface area (Å²) in [5, 5.41) is 5.94. The smallest absolute Gasteiger partial charge is 0.349 e. The van der Waals surface area contributed by atoms with Crippen LogP contribution >= 0.6 is 11.8 Å². The first-order chi connectivity index (χ1) is 14.1. The number of hydrogen-bond acceptors (Lipinski definition) is 3. The summed E-state index contributed by atoms with van der Waals surface area (Å²) in [4.78, 5) is 25.2. The van der Waals surface area contributed by atoms with E-state index >= 15 is 0 Å². The highest BCUT2D eigenvalue weighted by atomic mass is 32.2. The SMILES string of the molecule is CC(=O)NC(CSc1cccc(C(F)(F)F)c1)C(=O)NC12CC3CC(CC(C3)C1)C2. The van der Waals surface area contributed by atoms with Crippen LogP contribution in [0.4, 0.5) is 13.2 Å². The molecule has 0 heterocycles. The van der Waals surface area contributed by atoms with Gasteiger partial charge in [0.25, 0.3) is 0 Å². The minimum Gasteiger partial charge on any atom is -0.349 e. The van der Waals surface area contributed by atoms with E-state index < -0.39 is 17.8 Å².